The molecular formula is C12H21N3. The number of hydrogen-bond donors (Lipinski definition) is 2. The fourth-order valence-electron chi connectivity index (χ4n) is 1.36. The zero-order valence-electron chi connectivity index (χ0n) is 9.66. The van der Waals surface area contributed by atoms with Gasteiger partial charge in [-0.2, -0.15) is 0 Å². The highest BCUT2D eigenvalue weighted by molar-refractivity contribution is 5.15. The summed E-state index contributed by atoms with van der Waals surface area (Å²) in [5.41, 5.74) is 7.75. The maximum atomic E-state index is 5.53. The lowest BCUT2D eigenvalue weighted by Gasteiger charge is -2.10. The van der Waals surface area contributed by atoms with E-state index in [4.69, 9.17) is 5.73 Å². The van der Waals surface area contributed by atoms with Crippen molar-refractivity contribution in [1.29, 1.82) is 0 Å². The number of hydrogen-bond acceptors (Lipinski definition) is 3. The Morgan fingerprint density at radius 3 is 3.00 bits per heavy atom. The van der Waals surface area contributed by atoms with E-state index in [1.54, 1.807) is 0 Å². The minimum Gasteiger partial charge on any atom is -0.325 e. The minimum absolute atomic E-state index is 0.513. The van der Waals surface area contributed by atoms with Crippen molar-refractivity contribution >= 4 is 0 Å². The fourth-order valence-corrected chi connectivity index (χ4v) is 1.36. The Morgan fingerprint density at radius 2 is 2.33 bits per heavy atom. The molecule has 0 amide bonds. The van der Waals surface area contributed by atoms with E-state index in [2.05, 4.69) is 30.2 Å². The summed E-state index contributed by atoms with van der Waals surface area (Å²) in [5.74, 6) is 0.737. The first-order valence-corrected chi connectivity index (χ1v) is 5.60. The molecule has 1 aromatic rings. The molecule has 0 spiro atoms. The number of rotatable bonds is 6. The van der Waals surface area contributed by atoms with Gasteiger partial charge in [-0.05, 0) is 30.2 Å². The monoisotopic (exact) mass is 207 g/mol. The van der Waals surface area contributed by atoms with E-state index in [1.807, 2.05) is 12.3 Å². The summed E-state index contributed by atoms with van der Waals surface area (Å²) in [6, 6.07) is 4.09. The Kier molecular flexibility index (Phi) is 5.29. The van der Waals surface area contributed by atoms with Crippen molar-refractivity contribution in [1.82, 2.24) is 10.3 Å². The number of pyridine rings is 1. The van der Waals surface area contributed by atoms with Crippen LogP contribution in [0.4, 0.5) is 0 Å². The first-order chi connectivity index (χ1) is 7.26. The van der Waals surface area contributed by atoms with Gasteiger partial charge >= 0.3 is 0 Å². The van der Waals surface area contributed by atoms with Gasteiger partial charge in [-0.15, -0.1) is 0 Å². The molecule has 15 heavy (non-hydrogen) atoms. The van der Waals surface area contributed by atoms with Gasteiger partial charge in [0, 0.05) is 19.3 Å². The SMILES string of the molecule is CCC(C)CNCc1ccnc(CN)c1. The Bertz CT molecular complexity index is 286. The smallest absolute Gasteiger partial charge is 0.0542 e. The molecule has 1 heterocycles. The fraction of sp³-hybridized carbons (Fsp3) is 0.583. The summed E-state index contributed by atoms with van der Waals surface area (Å²) in [4.78, 5) is 4.16. The van der Waals surface area contributed by atoms with Crippen LogP contribution in [0.25, 0.3) is 0 Å². The second-order valence-corrected chi connectivity index (χ2v) is 4.00. The second-order valence-electron chi connectivity index (χ2n) is 4.00. The molecule has 0 aromatic carbocycles. The molecule has 0 radical (unpaired) electrons. The molecule has 84 valence electrons. The molecule has 0 aliphatic heterocycles. The molecule has 0 aliphatic carbocycles. The van der Waals surface area contributed by atoms with Crippen LogP contribution in [-0.4, -0.2) is 11.5 Å². The van der Waals surface area contributed by atoms with Gasteiger partial charge in [0.1, 0.15) is 0 Å². The molecule has 0 aliphatic rings. The van der Waals surface area contributed by atoms with E-state index in [1.165, 1.54) is 12.0 Å². The molecule has 3 N–H and O–H groups in total. The maximum absolute atomic E-state index is 5.53. The van der Waals surface area contributed by atoms with E-state index in [-0.39, 0.29) is 0 Å². The van der Waals surface area contributed by atoms with Crippen LogP contribution in [0.3, 0.4) is 0 Å². The van der Waals surface area contributed by atoms with E-state index < -0.39 is 0 Å². The number of nitrogens with two attached hydrogens (primary N) is 1. The molecule has 3 nitrogen and oxygen atoms in total. The lowest BCUT2D eigenvalue weighted by atomic mass is 10.1. The first-order valence-electron chi connectivity index (χ1n) is 5.60. The minimum atomic E-state index is 0.513. The van der Waals surface area contributed by atoms with Crippen molar-refractivity contribution < 1.29 is 0 Å². The summed E-state index contributed by atoms with van der Waals surface area (Å²) in [6.07, 6.45) is 3.04. The largest absolute Gasteiger partial charge is 0.325 e. The third-order valence-corrected chi connectivity index (χ3v) is 2.61. The molecule has 1 unspecified atom stereocenters. The average Bonchev–Trinajstić information content (AvgIpc) is 2.29. The zero-order valence-corrected chi connectivity index (χ0v) is 9.66. The lowest BCUT2D eigenvalue weighted by Crippen LogP contribution is -2.20. The summed E-state index contributed by atoms with van der Waals surface area (Å²) in [5, 5.41) is 3.44. The van der Waals surface area contributed by atoms with Crippen LogP contribution in [0.1, 0.15) is 31.5 Å². The first kappa shape index (κ1) is 12.1. The summed E-state index contributed by atoms with van der Waals surface area (Å²) >= 11 is 0. The summed E-state index contributed by atoms with van der Waals surface area (Å²) < 4.78 is 0. The second kappa shape index (κ2) is 6.53. The van der Waals surface area contributed by atoms with E-state index in [9.17, 15) is 0 Å². The van der Waals surface area contributed by atoms with Crippen LogP contribution in [-0.2, 0) is 13.1 Å². The van der Waals surface area contributed by atoms with E-state index >= 15 is 0 Å². The van der Waals surface area contributed by atoms with Gasteiger partial charge in [-0.3, -0.25) is 4.98 Å². The van der Waals surface area contributed by atoms with Crippen molar-refractivity contribution in [2.75, 3.05) is 6.54 Å². The van der Waals surface area contributed by atoms with Crippen LogP contribution in [0.5, 0.6) is 0 Å². The quantitative estimate of drug-likeness (QED) is 0.746. The van der Waals surface area contributed by atoms with Gasteiger partial charge in [0.05, 0.1) is 5.69 Å². The third-order valence-electron chi connectivity index (χ3n) is 2.61. The third kappa shape index (κ3) is 4.40. The van der Waals surface area contributed by atoms with Gasteiger partial charge < -0.3 is 11.1 Å². The highest BCUT2D eigenvalue weighted by atomic mass is 14.9. The van der Waals surface area contributed by atoms with Gasteiger partial charge in [0.2, 0.25) is 0 Å². The van der Waals surface area contributed by atoms with Crippen molar-refractivity contribution in [2.45, 2.75) is 33.4 Å². The van der Waals surface area contributed by atoms with Crippen LogP contribution in [0, 0.1) is 5.92 Å². The number of aromatic nitrogens is 1. The standard InChI is InChI=1S/C12H21N3/c1-3-10(2)8-14-9-11-4-5-15-12(6-11)7-13/h4-6,10,14H,3,7-9,13H2,1-2H3. The van der Waals surface area contributed by atoms with Crippen molar-refractivity contribution in [3.8, 4) is 0 Å². The van der Waals surface area contributed by atoms with Crippen LogP contribution < -0.4 is 11.1 Å². The normalized spacial score (nSPS) is 12.7. The Hall–Kier alpha value is -0.930. The van der Waals surface area contributed by atoms with Crippen molar-refractivity contribution in [3.63, 3.8) is 0 Å². The number of nitrogens with zero attached hydrogens (tertiary/aromatic N) is 1. The van der Waals surface area contributed by atoms with Gasteiger partial charge in [-0.1, -0.05) is 20.3 Å². The van der Waals surface area contributed by atoms with Crippen LogP contribution in [0.2, 0.25) is 0 Å². The number of nitrogens with one attached hydrogen (secondary N) is 1. The Morgan fingerprint density at radius 1 is 1.53 bits per heavy atom. The van der Waals surface area contributed by atoms with Crippen molar-refractivity contribution in [2.24, 2.45) is 11.7 Å². The Balaban J connectivity index is 2.37. The lowest BCUT2D eigenvalue weighted by molar-refractivity contribution is 0.499. The molecule has 0 bridgehead atoms. The average molecular weight is 207 g/mol. The molecule has 0 saturated carbocycles. The summed E-state index contributed by atoms with van der Waals surface area (Å²) in [6.45, 7) is 6.95. The Labute approximate surface area is 92.1 Å². The zero-order chi connectivity index (χ0) is 11.1. The van der Waals surface area contributed by atoms with Crippen molar-refractivity contribution in [3.05, 3.63) is 29.6 Å². The maximum Gasteiger partial charge on any atom is 0.0542 e. The predicted octanol–water partition coefficient (Wildman–Crippen LogP) is 1.68. The molecule has 0 saturated heterocycles. The molecule has 0 fully saturated rings. The predicted molar refractivity (Wildman–Crippen MR) is 63.3 cm³/mol. The van der Waals surface area contributed by atoms with Gasteiger partial charge in [0.25, 0.3) is 0 Å². The van der Waals surface area contributed by atoms with Crippen LogP contribution in [0.15, 0.2) is 18.3 Å². The van der Waals surface area contributed by atoms with Gasteiger partial charge in [0.15, 0.2) is 0 Å². The molecule has 1 rings (SSSR count). The van der Waals surface area contributed by atoms with E-state index in [0.29, 0.717) is 6.54 Å². The van der Waals surface area contributed by atoms with Crippen LogP contribution >= 0.6 is 0 Å². The van der Waals surface area contributed by atoms with Gasteiger partial charge in [-0.25, -0.2) is 0 Å². The molecule has 3 heteroatoms. The molecular weight excluding hydrogens is 186 g/mol. The molecule has 1 atom stereocenters. The topological polar surface area (TPSA) is 50.9 Å². The molecule has 1 aromatic heterocycles. The summed E-state index contributed by atoms with van der Waals surface area (Å²) in [7, 11) is 0. The highest BCUT2D eigenvalue weighted by Gasteiger charge is 1.99. The van der Waals surface area contributed by atoms with E-state index in [0.717, 1.165) is 24.7 Å². The highest BCUT2D eigenvalue weighted by Crippen LogP contribution is 2.02.